The summed E-state index contributed by atoms with van der Waals surface area (Å²) >= 11 is 0. The van der Waals surface area contributed by atoms with Gasteiger partial charge in [-0.25, -0.2) is 13.1 Å². The molecule has 1 aliphatic heterocycles. The number of rotatable bonds is 2. The van der Waals surface area contributed by atoms with Crippen molar-refractivity contribution in [2.24, 2.45) is 5.92 Å². The van der Waals surface area contributed by atoms with Crippen molar-refractivity contribution in [3.63, 3.8) is 0 Å². The van der Waals surface area contributed by atoms with E-state index < -0.39 is 9.84 Å². The van der Waals surface area contributed by atoms with Crippen LogP contribution in [0, 0.1) is 5.92 Å². The lowest BCUT2D eigenvalue weighted by molar-refractivity contribution is 0.501. The van der Waals surface area contributed by atoms with Crippen molar-refractivity contribution in [1.29, 1.82) is 0 Å². The Kier molecular flexibility index (Phi) is 2.26. The molecule has 0 aromatic carbocycles. The largest absolute Gasteiger partial charge is 0.384 e. The predicted octanol–water partition coefficient (Wildman–Crippen LogP) is 0.948. The van der Waals surface area contributed by atoms with Gasteiger partial charge in [-0.05, 0) is 18.8 Å². The molecule has 1 saturated heterocycles. The lowest BCUT2D eigenvalue weighted by atomic mass is 10.2. The molecule has 3 unspecified atom stereocenters. The molecule has 2 fully saturated rings. The van der Waals surface area contributed by atoms with Crippen LogP contribution < -0.4 is 5.73 Å². The lowest BCUT2D eigenvalue weighted by Crippen LogP contribution is -2.14. The molecule has 94 valence electrons. The average Bonchev–Trinajstić information content (AvgIpc) is 2.68. The molecule has 3 rings (SSSR count). The standard InChI is InChI=1S/C11H17N3O2S/c1-7-4-9(7)10-5-11(12)14(13-10)8-2-3-17(15,16)6-8/h5,7-9H,2-4,6,12H2,1H3. The highest BCUT2D eigenvalue weighted by molar-refractivity contribution is 7.91. The van der Waals surface area contributed by atoms with Gasteiger partial charge in [-0.1, -0.05) is 6.92 Å². The molecule has 1 saturated carbocycles. The van der Waals surface area contributed by atoms with Crippen molar-refractivity contribution in [1.82, 2.24) is 9.78 Å². The maximum Gasteiger partial charge on any atom is 0.152 e. The minimum absolute atomic E-state index is 0.0668. The molecule has 3 atom stereocenters. The van der Waals surface area contributed by atoms with Crippen molar-refractivity contribution in [3.05, 3.63) is 11.8 Å². The summed E-state index contributed by atoms with van der Waals surface area (Å²) in [4.78, 5) is 0. The zero-order chi connectivity index (χ0) is 12.2. The Morgan fingerprint density at radius 3 is 2.76 bits per heavy atom. The Morgan fingerprint density at radius 1 is 1.53 bits per heavy atom. The molecule has 0 bridgehead atoms. The van der Waals surface area contributed by atoms with Gasteiger partial charge in [-0.15, -0.1) is 0 Å². The highest BCUT2D eigenvalue weighted by atomic mass is 32.2. The summed E-state index contributed by atoms with van der Waals surface area (Å²) < 4.78 is 24.6. The van der Waals surface area contributed by atoms with Crippen molar-refractivity contribution in [2.75, 3.05) is 17.2 Å². The van der Waals surface area contributed by atoms with E-state index in [4.69, 9.17) is 5.73 Å². The first-order valence-electron chi connectivity index (χ1n) is 6.01. The highest BCUT2D eigenvalue weighted by Gasteiger charge is 2.38. The van der Waals surface area contributed by atoms with Gasteiger partial charge in [0.25, 0.3) is 0 Å². The Bertz CT molecular complexity index is 549. The first-order valence-corrected chi connectivity index (χ1v) is 7.84. The minimum atomic E-state index is -2.88. The molecule has 1 aliphatic carbocycles. The number of nitrogens with zero attached hydrogens (tertiary/aromatic N) is 2. The quantitative estimate of drug-likeness (QED) is 0.853. The summed E-state index contributed by atoms with van der Waals surface area (Å²) in [6, 6.07) is 1.84. The summed E-state index contributed by atoms with van der Waals surface area (Å²) in [5.41, 5.74) is 6.95. The summed E-state index contributed by atoms with van der Waals surface area (Å²) in [5.74, 6) is 2.24. The Hall–Kier alpha value is -1.04. The van der Waals surface area contributed by atoms with E-state index in [1.807, 2.05) is 6.07 Å². The Balaban J connectivity index is 1.86. The van der Waals surface area contributed by atoms with Crippen molar-refractivity contribution < 1.29 is 8.42 Å². The number of aromatic nitrogens is 2. The monoisotopic (exact) mass is 255 g/mol. The van der Waals surface area contributed by atoms with E-state index in [1.54, 1.807) is 4.68 Å². The number of anilines is 1. The topological polar surface area (TPSA) is 78.0 Å². The van der Waals surface area contributed by atoms with E-state index in [1.165, 1.54) is 6.42 Å². The second-order valence-electron chi connectivity index (χ2n) is 5.31. The Morgan fingerprint density at radius 2 is 2.24 bits per heavy atom. The smallest absolute Gasteiger partial charge is 0.152 e. The van der Waals surface area contributed by atoms with E-state index in [0.717, 1.165) is 5.69 Å². The summed E-state index contributed by atoms with van der Waals surface area (Å²) in [6.45, 7) is 2.19. The first-order chi connectivity index (χ1) is 7.96. The zero-order valence-electron chi connectivity index (χ0n) is 9.83. The van der Waals surface area contributed by atoms with E-state index in [9.17, 15) is 8.42 Å². The van der Waals surface area contributed by atoms with Crippen molar-refractivity contribution in [2.45, 2.75) is 31.7 Å². The van der Waals surface area contributed by atoms with Gasteiger partial charge in [0.2, 0.25) is 0 Å². The number of sulfone groups is 1. The van der Waals surface area contributed by atoms with Gasteiger partial charge in [0.1, 0.15) is 5.82 Å². The molecular formula is C11H17N3O2S. The van der Waals surface area contributed by atoms with Crippen LogP contribution in [0.2, 0.25) is 0 Å². The van der Waals surface area contributed by atoms with E-state index >= 15 is 0 Å². The molecule has 0 radical (unpaired) electrons. The third-order valence-electron chi connectivity index (χ3n) is 3.83. The van der Waals surface area contributed by atoms with Crippen LogP contribution in [-0.2, 0) is 9.84 Å². The molecule has 1 aromatic heterocycles. The predicted molar refractivity (Wildman–Crippen MR) is 65.5 cm³/mol. The molecule has 5 nitrogen and oxygen atoms in total. The first kappa shape index (κ1) is 11.1. The third kappa shape index (κ3) is 1.94. The van der Waals surface area contributed by atoms with Crippen LogP contribution in [0.15, 0.2) is 6.07 Å². The fraction of sp³-hybridized carbons (Fsp3) is 0.727. The van der Waals surface area contributed by atoms with E-state index in [0.29, 0.717) is 24.1 Å². The molecule has 2 aliphatic rings. The lowest BCUT2D eigenvalue weighted by Gasteiger charge is -2.09. The fourth-order valence-corrected chi connectivity index (χ4v) is 4.30. The molecule has 1 aromatic rings. The van der Waals surface area contributed by atoms with Gasteiger partial charge in [0.15, 0.2) is 9.84 Å². The van der Waals surface area contributed by atoms with Gasteiger partial charge in [0.05, 0.1) is 23.2 Å². The molecular weight excluding hydrogens is 238 g/mol. The second-order valence-corrected chi connectivity index (χ2v) is 7.54. The minimum Gasteiger partial charge on any atom is -0.384 e. The van der Waals surface area contributed by atoms with Gasteiger partial charge in [-0.3, -0.25) is 0 Å². The van der Waals surface area contributed by atoms with Crippen LogP contribution >= 0.6 is 0 Å². The molecule has 0 spiro atoms. The third-order valence-corrected chi connectivity index (χ3v) is 5.58. The second kappa shape index (κ2) is 3.48. The van der Waals surface area contributed by atoms with Gasteiger partial charge >= 0.3 is 0 Å². The molecule has 6 heteroatoms. The van der Waals surface area contributed by atoms with Gasteiger partial charge < -0.3 is 5.73 Å². The normalized spacial score (nSPS) is 35.0. The van der Waals surface area contributed by atoms with Crippen LogP contribution in [0.4, 0.5) is 5.82 Å². The van der Waals surface area contributed by atoms with Crippen LogP contribution in [-0.4, -0.2) is 29.7 Å². The summed E-state index contributed by atoms with van der Waals surface area (Å²) in [7, 11) is -2.88. The van der Waals surface area contributed by atoms with E-state index in [-0.39, 0.29) is 17.5 Å². The molecule has 17 heavy (non-hydrogen) atoms. The SMILES string of the molecule is CC1CC1c1cc(N)n(C2CCS(=O)(=O)C2)n1. The Labute approximate surface area is 101 Å². The number of nitrogen functional groups attached to an aromatic ring is 1. The maximum absolute atomic E-state index is 11.4. The molecule has 2 N–H and O–H groups in total. The van der Waals surface area contributed by atoms with Crippen molar-refractivity contribution in [3.8, 4) is 0 Å². The summed E-state index contributed by atoms with van der Waals surface area (Å²) in [5, 5.41) is 4.50. The number of hydrogen-bond acceptors (Lipinski definition) is 4. The van der Waals surface area contributed by atoms with Crippen molar-refractivity contribution >= 4 is 15.7 Å². The summed E-state index contributed by atoms with van der Waals surface area (Å²) in [6.07, 6.45) is 1.80. The zero-order valence-corrected chi connectivity index (χ0v) is 10.7. The average molecular weight is 255 g/mol. The highest BCUT2D eigenvalue weighted by Crippen LogP contribution is 2.47. The number of hydrogen-bond donors (Lipinski definition) is 1. The van der Waals surface area contributed by atoms with E-state index in [2.05, 4.69) is 12.0 Å². The fourth-order valence-electron chi connectivity index (χ4n) is 2.60. The van der Waals surface area contributed by atoms with Crippen LogP contribution in [0.25, 0.3) is 0 Å². The van der Waals surface area contributed by atoms with Crippen LogP contribution in [0.1, 0.15) is 37.4 Å². The maximum atomic E-state index is 11.4. The van der Waals surface area contributed by atoms with Crippen LogP contribution in [0.3, 0.4) is 0 Å². The number of nitrogens with two attached hydrogens (primary N) is 1. The molecule has 0 amide bonds. The van der Waals surface area contributed by atoms with Crippen LogP contribution in [0.5, 0.6) is 0 Å². The van der Waals surface area contributed by atoms with Gasteiger partial charge in [-0.2, -0.15) is 5.10 Å². The van der Waals surface area contributed by atoms with Gasteiger partial charge in [0, 0.05) is 12.0 Å². The molecule has 2 heterocycles.